The zero-order valence-electron chi connectivity index (χ0n) is 12.9. The Labute approximate surface area is 135 Å². The van der Waals surface area contributed by atoms with Crippen molar-refractivity contribution in [2.24, 2.45) is 0 Å². The van der Waals surface area contributed by atoms with Gasteiger partial charge in [-0.25, -0.2) is 4.98 Å². The number of fused-ring (bicyclic) bond motifs is 1. The lowest BCUT2D eigenvalue weighted by atomic mass is 10.1. The molecule has 0 saturated carbocycles. The number of nitrogens with two attached hydrogens (primary N) is 1. The van der Waals surface area contributed by atoms with Crippen molar-refractivity contribution in [1.82, 2.24) is 9.55 Å². The first kappa shape index (κ1) is 13.6. The third-order valence-electron chi connectivity index (χ3n) is 3.99. The lowest BCUT2D eigenvalue weighted by Gasteiger charge is -2.10. The Kier molecular flexibility index (Phi) is 3.12. The van der Waals surface area contributed by atoms with Gasteiger partial charge in [-0.05, 0) is 61.0 Å². The van der Waals surface area contributed by atoms with E-state index in [2.05, 4.69) is 41.8 Å². The van der Waals surface area contributed by atoms with E-state index >= 15 is 0 Å². The van der Waals surface area contributed by atoms with Crippen molar-refractivity contribution in [3.63, 3.8) is 0 Å². The maximum Gasteiger partial charge on any atom is 0.145 e. The van der Waals surface area contributed by atoms with Crippen molar-refractivity contribution in [2.45, 2.75) is 6.92 Å². The van der Waals surface area contributed by atoms with Gasteiger partial charge < -0.3 is 5.73 Å². The number of aromatic nitrogens is 2. The zero-order valence-corrected chi connectivity index (χ0v) is 12.9. The average molecular weight is 299 g/mol. The molecule has 0 saturated heterocycles. The van der Waals surface area contributed by atoms with E-state index in [4.69, 9.17) is 10.7 Å². The molecule has 4 rings (SSSR count). The summed E-state index contributed by atoms with van der Waals surface area (Å²) in [7, 11) is 0. The molecule has 0 fully saturated rings. The normalized spacial score (nSPS) is 11.0. The molecule has 0 aliphatic heterocycles. The van der Waals surface area contributed by atoms with E-state index in [0.717, 1.165) is 33.8 Å². The van der Waals surface area contributed by atoms with Crippen LogP contribution < -0.4 is 5.73 Å². The minimum atomic E-state index is 0.756. The Hall–Kier alpha value is -3.07. The molecule has 0 aliphatic rings. The van der Waals surface area contributed by atoms with Crippen molar-refractivity contribution in [1.29, 1.82) is 0 Å². The lowest BCUT2D eigenvalue weighted by Crippen LogP contribution is -1.98. The number of anilines is 1. The fourth-order valence-corrected chi connectivity index (χ4v) is 2.88. The van der Waals surface area contributed by atoms with Crippen molar-refractivity contribution >= 4 is 16.7 Å². The van der Waals surface area contributed by atoms with E-state index < -0.39 is 0 Å². The highest BCUT2D eigenvalue weighted by Gasteiger charge is 2.13. The number of nitrogen functional groups attached to an aromatic ring is 1. The molecular weight excluding hydrogens is 282 g/mol. The van der Waals surface area contributed by atoms with Crippen LogP contribution >= 0.6 is 0 Å². The van der Waals surface area contributed by atoms with Gasteiger partial charge in [-0.1, -0.05) is 24.3 Å². The number of hydrogen-bond donors (Lipinski definition) is 1. The Morgan fingerprint density at radius 3 is 2.43 bits per heavy atom. The van der Waals surface area contributed by atoms with E-state index in [1.165, 1.54) is 5.56 Å². The maximum absolute atomic E-state index is 5.82. The number of para-hydroxylation sites is 2. The second kappa shape index (κ2) is 5.29. The zero-order chi connectivity index (χ0) is 15.8. The lowest BCUT2D eigenvalue weighted by molar-refractivity contribution is 1.10. The molecular formula is C20H17N3. The third-order valence-corrected chi connectivity index (χ3v) is 3.99. The molecule has 0 radical (unpaired) electrons. The van der Waals surface area contributed by atoms with Gasteiger partial charge in [0, 0.05) is 16.9 Å². The SMILES string of the molecule is Cc1cccc(-n2c(-c3ccc(N)cc3)nc3ccccc32)c1. The van der Waals surface area contributed by atoms with Crippen LogP contribution in [0.4, 0.5) is 5.69 Å². The fraction of sp³-hybridized carbons (Fsp3) is 0.0500. The van der Waals surface area contributed by atoms with Gasteiger partial charge in [0.05, 0.1) is 11.0 Å². The third kappa shape index (κ3) is 2.36. The second-order valence-electron chi connectivity index (χ2n) is 5.72. The highest BCUT2D eigenvalue weighted by Crippen LogP contribution is 2.29. The molecule has 4 aromatic rings. The topological polar surface area (TPSA) is 43.8 Å². The van der Waals surface area contributed by atoms with E-state index in [1.807, 2.05) is 42.5 Å². The smallest absolute Gasteiger partial charge is 0.145 e. The second-order valence-corrected chi connectivity index (χ2v) is 5.72. The van der Waals surface area contributed by atoms with Gasteiger partial charge in [-0.2, -0.15) is 0 Å². The number of aryl methyl sites for hydroxylation is 1. The van der Waals surface area contributed by atoms with E-state index in [9.17, 15) is 0 Å². The molecule has 3 nitrogen and oxygen atoms in total. The molecule has 0 atom stereocenters. The number of rotatable bonds is 2. The summed E-state index contributed by atoms with van der Waals surface area (Å²) in [4.78, 5) is 4.84. The van der Waals surface area contributed by atoms with Crippen LogP contribution in [-0.2, 0) is 0 Å². The summed E-state index contributed by atoms with van der Waals surface area (Å²) in [6, 6.07) is 24.5. The molecule has 112 valence electrons. The minimum Gasteiger partial charge on any atom is -0.399 e. The first-order valence-corrected chi connectivity index (χ1v) is 7.63. The number of benzene rings is 3. The van der Waals surface area contributed by atoms with Crippen LogP contribution in [0, 0.1) is 6.92 Å². The first-order chi connectivity index (χ1) is 11.2. The van der Waals surface area contributed by atoms with Crippen LogP contribution in [0.25, 0.3) is 28.1 Å². The summed E-state index contributed by atoms with van der Waals surface area (Å²) in [6.45, 7) is 2.10. The van der Waals surface area contributed by atoms with Crippen molar-refractivity contribution in [3.8, 4) is 17.1 Å². The molecule has 0 unspecified atom stereocenters. The predicted octanol–water partition coefficient (Wildman–Crippen LogP) is 4.58. The monoisotopic (exact) mass is 299 g/mol. The summed E-state index contributed by atoms with van der Waals surface area (Å²) < 4.78 is 2.20. The Balaban J connectivity index is 2.04. The van der Waals surface area contributed by atoms with Crippen molar-refractivity contribution < 1.29 is 0 Å². The largest absolute Gasteiger partial charge is 0.399 e. The molecule has 1 aromatic heterocycles. The van der Waals surface area contributed by atoms with Crippen molar-refractivity contribution in [2.75, 3.05) is 5.73 Å². The molecule has 1 heterocycles. The van der Waals surface area contributed by atoms with Gasteiger partial charge in [0.15, 0.2) is 0 Å². The molecule has 0 amide bonds. The van der Waals surface area contributed by atoms with E-state index in [-0.39, 0.29) is 0 Å². The summed E-state index contributed by atoms with van der Waals surface area (Å²) in [5.74, 6) is 0.928. The minimum absolute atomic E-state index is 0.756. The molecule has 23 heavy (non-hydrogen) atoms. The number of hydrogen-bond acceptors (Lipinski definition) is 2. The Morgan fingerprint density at radius 1 is 0.870 bits per heavy atom. The molecule has 0 aliphatic carbocycles. The summed E-state index contributed by atoms with van der Waals surface area (Å²) in [5.41, 5.74) is 12.1. The summed E-state index contributed by atoms with van der Waals surface area (Å²) in [5, 5.41) is 0. The van der Waals surface area contributed by atoms with Gasteiger partial charge >= 0.3 is 0 Å². The van der Waals surface area contributed by atoms with Gasteiger partial charge in [0.2, 0.25) is 0 Å². The molecule has 2 N–H and O–H groups in total. The van der Waals surface area contributed by atoms with Gasteiger partial charge in [0.25, 0.3) is 0 Å². The van der Waals surface area contributed by atoms with Crippen molar-refractivity contribution in [3.05, 3.63) is 78.4 Å². The average Bonchev–Trinajstić information content (AvgIpc) is 2.95. The maximum atomic E-state index is 5.82. The van der Waals surface area contributed by atoms with Gasteiger partial charge in [-0.3, -0.25) is 4.57 Å². The number of nitrogens with zero attached hydrogens (tertiary/aromatic N) is 2. The molecule has 3 aromatic carbocycles. The van der Waals surface area contributed by atoms with Crippen LogP contribution in [0.2, 0.25) is 0 Å². The molecule has 0 spiro atoms. The van der Waals surface area contributed by atoms with Crippen LogP contribution in [-0.4, -0.2) is 9.55 Å². The van der Waals surface area contributed by atoms with Gasteiger partial charge in [0.1, 0.15) is 5.82 Å². The highest BCUT2D eigenvalue weighted by atomic mass is 15.1. The molecule has 3 heteroatoms. The Bertz CT molecular complexity index is 981. The van der Waals surface area contributed by atoms with Crippen LogP contribution in [0.5, 0.6) is 0 Å². The fourth-order valence-electron chi connectivity index (χ4n) is 2.88. The highest BCUT2D eigenvalue weighted by molar-refractivity contribution is 5.83. The van der Waals surface area contributed by atoms with Gasteiger partial charge in [-0.15, -0.1) is 0 Å². The quantitative estimate of drug-likeness (QED) is 0.550. The molecule has 0 bridgehead atoms. The predicted molar refractivity (Wildman–Crippen MR) is 95.7 cm³/mol. The van der Waals surface area contributed by atoms with E-state index in [0.29, 0.717) is 0 Å². The van der Waals surface area contributed by atoms with Crippen LogP contribution in [0.15, 0.2) is 72.8 Å². The van der Waals surface area contributed by atoms with Crippen LogP contribution in [0.1, 0.15) is 5.56 Å². The summed E-state index contributed by atoms with van der Waals surface area (Å²) >= 11 is 0. The first-order valence-electron chi connectivity index (χ1n) is 7.63. The summed E-state index contributed by atoms with van der Waals surface area (Å²) in [6.07, 6.45) is 0. The van der Waals surface area contributed by atoms with E-state index in [1.54, 1.807) is 0 Å². The Morgan fingerprint density at radius 2 is 1.65 bits per heavy atom. The van der Waals surface area contributed by atoms with Crippen LogP contribution in [0.3, 0.4) is 0 Å². The number of imidazole rings is 1. The standard InChI is InChI=1S/C20H17N3/c1-14-5-4-6-17(13-14)23-19-8-3-2-7-18(19)22-20(23)15-9-11-16(21)12-10-15/h2-13H,21H2,1H3.